The van der Waals surface area contributed by atoms with Crippen molar-refractivity contribution < 1.29 is 8.94 Å². The van der Waals surface area contributed by atoms with Gasteiger partial charge in [0.1, 0.15) is 12.0 Å². The van der Waals surface area contributed by atoms with Gasteiger partial charge in [0.15, 0.2) is 5.89 Å². The van der Waals surface area contributed by atoms with Crippen LogP contribution in [0.4, 0.5) is 0 Å². The fraction of sp³-hybridized carbons (Fsp3) is 0.389. The highest BCUT2D eigenvalue weighted by Crippen LogP contribution is 2.34. The Hall–Kier alpha value is -2.43. The molecule has 2 aromatic heterocycles. The summed E-state index contributed by atoms with van der Waals surface area (Å²) in [6, 6.07) is 8.48. The Bertz CT molecular complexity index is 817. The molecule has 1 aliphatic carbocycles. The predicted octanol–water partition coefficient (Wildman–Crippen LogP) is 3.90. The molecule has 2 heterocycles. The van der Waals surface area contributed by atoms with Crippen molar-refractivity contribution in [2.75, 3.05) is 0 Å². The maximum absolute atomic E-state index is 5.54. The lowest BCUT2D eigenvalue weighted by atomic mass is 9.97. The fourth-order valence-electron chi connectivity index (χ4n) is 2.96. The van der Waals surface area contributed by atoms with Crippen molar-refractivity contribution in [3.63, 3.8) is 0 Å². The number of nitrogens with zero attached hydrogens (tertiary/aromatic N) is 3. The van der Waals surface area contributed by atoms with Gasteiger partial charge in [-0.3, -0.25) is 0 Å². The van der Waals surface area contributed by atoms with E-state index in [-0.39, 0.29) is 11.3 Å². The Kier molecular flexibility index (Phi) is 3.11. The van der Waals surface area contributed by atoms with Gasteiger partial charge in [-0.1, -0.05) is 50.2 Å². The SMILES string of the molecule is CC(C)(C)c1nc(-c2noc(C3Cc4ccccc4C3)n2)co1. The predicted molar refractivity (Wildman–Crippen MR) is 85.1 cm³/mol. The van der Waals surface area contributed by atoms with Crippen molar-refractivity contribution >= 4 is 0 Å². The minimum absolute atomic E-state index is 0.141. The maximum atomic E-state index is 5.54. The zero-order valence-corrected chi connectivity index (χ0v) is 13.5. The Morgan fingerprint density at radius 1 is 1.04 bits per heavy atom. The molecule has 1 aromatic carbocycles. The zero-order chi connectivity index (χ0) is 16.0. The number of hydrogen-bond acceptors (Lipinski definition) is 5. The highest BCUT2D eigenvalue weighted by molar-refractivity contribution is 5.46. The summed E-state index contributed by atoms with van der Waals surface area (Å²) in [5, 5.41) is 4.08. The third kappa shape index (κ3) is 2.56. The molecule has 0 amide bonds. The average molecular weight is 309 g/mol. The summed E-state index contributed by atoms with van der Waals surface area (Å²) >= 11 is 0. The van der Waals surface area contributed by atoms with Crippen LogP contribution in [0.15, 0.2) is 39.5 Å². The molecule has 5 nitrogen and oxygen atoms in total. The van der Waals surface area contributed by atoms with Crippen LogP contribution in [0.1, 0.15) is 49.6 Å². The lowest BCUT2D eigenvalue weighted by Crippen LogP contribution is -2.11. The topological polar surface area (TPSA) is 65.0 Å². The Morgan fingerprint density at radius 2 is 1.74 bits per heavy atom. The molecule has 0 N–H and O–H groups in total. The summed E-state index contributed by atoms with van der Waals surface area (Å²) in [6.45, 7) is 6.17. The van der Waals surface area contributed by atoms with Crippen molar-refractivity contribution in [1.82, 2.24) is 15.1 Å². The molecule has 1 aliphatic rings. The van der Waals surface area contributed by atoms with E-state index in [2.05, 4.69) is 60.2 Å². The van der Waals surface area contributed by atoms with E-state index in [0.29, 0.717) is 23.3 Å². The quantitative estimate of drug-likeness (QED) is 0.718. The van der Waals surface area contributed by atoms with Crippen molar-refractivity contribution in [2.45, 2.75) is 44.9 Å². The third-order valence-corrected chi connectivity index (χ3v) is 4.22. The van der Waals surface area contributed by atoms with Gasteiger partial charge in [-0.15, -0.1) is 0 Å². The van der Waals surface area contributed by atoms with E-state index in [4.69, 9.17) is 8.94 Å². The van der Waals surface area contributed by atoms with Crippen LogP contribution in [0.3, 0.4) is 0 Å². The first-order chi connectivity index (χ1) is 11.0. The summed E-state index contributed by atoms with van der Waals surface area (Å²) in [5.41, 5.74) is 3.22. The smallest absolute Gasteiger partial charge is 0.230 e. The molecule has 3 aromatic rings. The van der Waals surface area contributed by atoms with Crippen LogP contribution < -0.4 is 0 Å². The molecule has 0 fully saturated rings. The van der Waals surface area contributed by atoms with Crippen LogP contribution in [0.25, 0.3) is 11.5 Å². The van der Waals surface area contributed by atoms with Crippen LogP contribution in [0.2, 0.25) is 0 Å². The van der Waals surface area contributed by atoms with E-state index in [1.165, 1.54) is 11.1 Å². The van der Waals surface area contributed by atoms with Gasteiger partial charge in [-0.2, -0.15) is 4.98 Å². The summed E-state index contributed by atoms with van der Waals surface area (Å²) in [6.07, 6.45) is 3.49. The second-order valence-corrected chi connectivity index (χ2v) is 7.12. The van der Waals surface area contributed by atoms with Gasteiger partial charge in [0.05, 0.1) is 0 Å². The molecule has 5 heteroatoms. The molecule has 0 saturated carbocycles. The van der Waals surface area contributed by atoms with Gasteiger partial charge in [0.2, 0.25) is 11.7 Å². The zero-order valence-electron chi connectivity index (χ0n) is 13.5. The molecule has 0 aliphatic heterocycles. The second-order valence-electron chi connectivity index (χ2n) is 7.12. The molecule has 0 spiro atoms. The van der Waals surface area contributed by atoms with E-state index in [1.807, 2.05) is 0 Å². The Labute approximate surface area is 134 Å². The van der Waals surface area contributed by atoms with Gasteiger partial charge in [0, 0.05) is 11.3 Å². The summed E-state index contributed by atoms with van der Waals surface area (Å²) in [4.78, 5) is 9.02. The highest BCUT2D eigenvalue weighted by Gasteiger charge is 2.28. The lowest BCUT2D eigenvalue weighted by molar-refractivity contribution is 0.356. The third-order valence-electron chi connectivity index (χ3n) is 4.22. The fourth-order valence-corrected chi connectivity index (χ4v) is 2.96. The van der Waals surface area contributed by atoms with E-state index < -0.39 is 0 Å². The molecular weight excluding hydrogens is 290 g/mol. The molecule has 118 valence electrons. The second kappa shape index (κ2) is 5.05. The number of benzene rings is 1. The van der Waals surface area contributed by atoms with Gasteiger partial charge >= 0.3 is 0 Å². The standard InChI is InChI=1S/C18H19N3O2/c1-18(2,3)17-19-14(10-22-17)15-20-16(23-21-15)13-8-11-6-4-5-7-12(11)9-13/h4-7,10,13H,8-9H2,1-3H3. The van der Waals surface area contributed by atoms with Gasteiger partial charge in [0.25, 0.3) is 0 Å². The van der Waals surface area contributed by atoms with Crippen LogP contribution in [0, 0.1) is 0 Å². The van der Waals surface area contributed by atoms with E-state index in [1.54, 1.807) is 6.26 Å². The van der Waals surface area contributed by atoms with Crippen molar-refractivity contribution in [1.29, 1.82) is 0 Å². The first-order valence-corrected chi connectivity index (χ1v) is 7.87. The molecular formula is C18H19N3O2. The minimum atomic E-state index is -0.141. The molecule has 4 rings (SSSR count). The van der Waals surface area contributed by atoms with Gasteiger partial charge in [-0.05, 0) is 24.0 Å². The minimum Gasteiger partial charge on any atom is -0.448 e. The number of fused-ring (bicyclic) bond motifs is 1. The molecule has 0 atom stereocenters. The molecule has 0 unspecified atom stereocenters. The Balaban J connectivity index is 1.57. The number of oxazole rings is 1. The first kappa shape index (κ1) is 14.2. The van der Waals surface area contributed by atoms with Crippen molar-refractivity contribution in [2.24, 2.45) is 0 Å². The highest BCUT2D eigenvalue weighted by atomic mass is 16.5. The molecule has 0 radical (unpaired) electrons. The summed E-state index contributed by atoms with van der Waals surface area (Å²) in [5.74, 6) is 2.10. The largest absolute Gasteiger partial charge is 0.448 e. The molecule has 0 saturated heterocycles. The molecule has 23 heavy (non-hydrogen) atoms. The lowest BCUT2D eigenvalue weighted by Gasteiger charge is -2.11. The first-order valence-electron chi connectivity index (χ1n) is 7.87. The summed E-state index contributed by atoms with van der Waals surface area (Å²) < 4.78 is 11.0. The van der Waals surface area contributed by atoms with E-state index in [9.17, 15) is 0 Å². The number of aromatic nitrogens is 3. The number of rotatable bonds is 2. The number of hydrogen-bond donors (Lipinski definition) is 0. The average Bonchev–Trinajstić information content (AvgIpc) is 3.23. The van der Waals surface area contributed by atoms with E-state index in [0.717, 1.165) is 12.8 Å². The maximum Gasteiger partial charge on any atom is 0.230 e. The van der Waals surface area contributed by atoms with Crippen molar-refractivity contribution in [3.8, 4) is 11.5 Å². The van der Waals surface area contributed by atoms with Crippen molar-refractivity contribution in [3.05, 3.63) is 53.4 Å². The van der Waals surface area contributed by atoms with Crippen LogP contribution in [-0.4, -0.2) is 15.1 Å². The van der Waals surface area contributed by atoms with Crippen LogP contribution in [0.5, 0.6) is 0 Å². The van der Waals surface area contributed by atoms with E-state index >= 15 is 0 Å². The summed E-state index contributed by atoms with van der Waals surface area (Å²) in [7, 11) is 0. The van der Waals surface area contributed by atoms with Gasteiger partial charge in [-0.25, -0.2) is 4.98 Å². The monoisotopic (exact) mass is 309 g/mol. The Morgan fingerprint density at radius 3 is 2.35 bits per heavy atom. The molecule has 0 bridgehead atoms. The van der Waals surface area contributed by atoms with Crippen LogP contribution in [-0.2, 0) is 18.3 Å². The van der Waals surface area contributed by atoms with Crippen LogP contribution >= 0.6 is 0 Å². The normalized spacial score (nSPS) is 15.1. The van der Waals surface area contributed by atoms with Gasteiger partial charge < -0.3 is 8.94 Å².